The van der Waals surface area contributed by atoms with Gasteiger partial charge in [-0.3, -0.25) is 5.43 Å². The van der Waals surface area contributed by atoms with Gasteiger partial charge in [-0.25, -0.2) is 4.98 Å². The molecular formula is C16H21N3O2S. The average Bonchev–Trinajstić information content (AvgIpc) is 2.80. The highest BCUT2D eigenvalue weighted by Gasteiger charge is 2.05. The molecule has 0 spiro atoms. The predicted octanol–water partition coefficient (Wildman–Crippen LogP) is 4.00. The normalized spacial score (nSPS) is 10.9. The Kier molecular flexibility index (Phi) is 5.77. The molecule has 0 aliphatic rings. The standard InChI is InChI=1S/C16H21N3O2S/c1-5-20-14-8-7-13(15(9-14)21-6-2)10-17-19-16-18-11(3)12(4)22-16/h7-10H,5-6H2,1-4H3,(H,18,19)/b17-10+. The van der Waals surface area contributed by atoms with E-state index in [-0.39, 0.29) is 0 Å². The SMILES string of the molecule is CCOc1ccc(/C=N/Nc2nc(C)c(C)s2)c(OCC)c1. The fourth-order valence-electron chi connectivity index (χ4n) is 1.84. The Morgan fingerprint density at radius 1 is 1.23 bits per heavy atom. The van der Waals surface area contributed by atoms with Crippen molar-refractivity contribution >= 4 is 22.7 Å². The van der Waals surface area contributed by atoms with Gasteiger partial charge in [0, 0.05) is 16.5 Å². The molecule has 0 bridgehead atoms. The van der Waals surface area contributed by atoms with Crippen LogP contribution in [0, 0.1) is 13.8 Å². The van der Waals surface area contributed by atoms with E-state index in [0.717, 1.165) is 27.9 Å². The van der Waals surface area contributed by atoms with Crippen LogP contribution in [0.3, 0.4) is 0 Å². The van der Waals surface area contributed by atoms with Gasteiger partial charge in [-0.2, -0.15) is 5.10 Å². The number of rotatable bonds is 7. The zero-order valence-corrected chi connectivity index (χ0v) is 14.2. The molecule has 1 aromatic carbocycles. The number of aryl methyl sites for hydroxylation is 2. The first kappa shape index (κ1) is 16.3. The molecule has 6 heteroatoms. The molecule has 0 aliphatic heterocycles. The van der Waals surface area contributed by atoms with E-state index in [4.69, 9.17) is 9.47 Å². The highest BCUT2D eigenvalue weighted by molar-refractivity contribution is 7.15. The fourth-order valence-corrected chi connectivity index (χ4v) is 2.60. The highest BCUT2D eigenvalue weighted by atomic mass is 32.1. The van der Waals surface area contributed by atoms with E-state index in [9.17, 15) is 0 Å². The zero-order valence-electron chi connectivity index (χ0n) is 13.3. The van der Waals surface area contributed by atoms with Crippen LogP contribution >= 0.6 is 11.3 Å². The maximum atomic E-state index is 5.64. The van der Waals surface area contributed by atoms with Crippen molar-refractivity contribution in [3.63, 3.8) is 0 Å². The lowest BCUT2D eigenvalue weighted by molar-refractivity contribution is 0.323. The lowest BCUT2D eigenvalue weighted by atomic mass is 10.2. The summed E-state index contributed by atoms with van der Waals surface area (Å²) in [5.41, 5.74) is 4.87. The van der Waals surface area contributed by atoms with Crippen LogP contribution in [0.15, 0.2) is 23.3 Å². The summed E-state index contributed by atoms with van der Waals surface area (Å²) in [4.78, 5) is 5.57. The number of hydrogen-bond donors (Lipinski definition) is 1. The number of nitrogens with one attached hydrogen (secondary N) is 1. The molecule has 0 atom stereocenters. The minimum atomic E-state index is 0.592. The number of hydrogen-bond acceptors (Lipinski definition) is 6. The summed E-state index contributed by atoms with van der Waals surface area (Å²) >= 11 is 1.59. The monoisotopic (exact) mass is 319 g/mol. The van der Waals surface area contributed by atoms with Gasteiger partial charge >= 0.3 is 0 Å². The van der Waals surface area contributed by atoms with Crippen LogP contribution in [0.4, 0.5) is 5.13 Å². The molecule has 2 aromatic rings. The molecule has 0 radical (unpaired) electrons. The molecule has 22 heavy (non-hydrogen) atoms. The first-order valence-corrected chi connectivity index (χ1v) is 8.08. The van der Waals surface area contributed by atoms with Crippen LogP contribution < -0.4 is 14.9 Å². The minimum absolute atomic E-state index is 0.592. The number of nitrogens with zero attached hydrogens (tertiary/aromatic N) is 2. The summed E-state index contributed by atoms with van der Waals surface area (Å²) in [6, 6.07) is 5.72. The van der Waals surface area contributed by atoms with E-state index in [0.29, 0.717) is 13.2 Å². The Hall–Kier alpha value is -2.08. The van der Waals surface area contributed by atoms with Gasteiger partial charge in [0.1, 0.15) is 11.5 Å². The Labute approximate surface area is 135 Å². The lowest BCUT2D eigenvalue weighted by Crippen LogP contribution is -1.99. The van der Waals surface area contributed by atoms with Gasteiger partial charge < -0.3 is 9.47 Å². The second kappa shape index (κ2) is 7.79. The topological polar surface area (TPSA) is 55.7 Å². The molecule has 1 N–H and O–H groups in total. The van der Waals surface area contributed by atoms with Crippen LogP contribution in [-0.4, -0.2) is 24.4 Å². The Morgan fingerprint density at radius 3 is 2.64 bits per heavy atom. The van der Waals surface area contributed by atoms with Gasteiger partial charge in [0.2, 0.25) is 5.13 Å². The second-order valence-corrected chi connectivity index (χ2v) is 5.80. The van der Waals surface area contributed by atoms with Crippen molar-refractivity contribution in [3.8, 4) is 11.5 Å². The summed E-state index contributed by atoms with van der Waals surface area (Å²) in [7, 11) is 0. The molecule has 0 fully saturated rings. The Bertz CT molecular complexity index is 633. The quantitative estimate of drug-likeness (QED) is 0.619. The maximum Gasteiger partial charge on any atom is 0.203 e. The number of thiazole rings is 1. The molecule has 5 nitrogen and oxygen atoms in total. The van der Waals surface area contributed by atoms with Crippen LogP contribution in [0.1, 0.15) is 30.0 Å². The third-order valence-electron chi connectivity index (χ3n) is 2.99. The Morgan fingerprint density at radius 2 is 2.00 bits per heavy atom. The van der Waals surface area contributed by atoms with Gasteiger partial charge in [0.05, 0.1) is 25.1 Å². The molecule has 0 aliphatic carbocycles. The molecule has 2 rings (SSSR count). The van der Waals surface area contributed by atoms with Crippen molar-refractivity contribution in [3.05, 3.63) is 34.3 Å². The van der Waals surface area contributed by atoms with Crippen molar-refractivity contribution < 1.29 is 9.47 Å². The first-order chi connectivity index (χ1) is 10.6. The summed E-state index contributed by atoms with van der Waals surface area (Å²) in [6.07, 6.45) is 1.73. The Balaban J connectivity index is 2.11. The maximum absolute atomic E-state index is 5.64. The minimum Gasteiger partial charge on any atom is -0.494 e. The zero-order chi connectivity index (χ0) is 15.9. The summed E-state index contributed by atoms with van der Waals surface area (Å²) in [5, 5.41) is 5.02. The second-order valence-electron chi connectivity index (χ2n) is 4.60. The number of ether oxygens (including phenoxy) is 2. The van der Waals surface area contributed by atoms with E-state index in [1.165, 1.54) is 4.88 Å². The fraction of sp³-hybridized carbons (Fsp3) is 0.375. The van der Waals surface area contributed by atoms with Gasteiger partial charge in [0.25, 0.3) is 0 Å². The van der Waals surface area contributed by atoms with Crippen LogP contribution in [0.25, 0.3) is 0 Å². The molecule has 0 unspecified atom stereocenters. The van der Waals surface area contributed by atoms with Crippen molar-refractivity contribution in [2.45, 2.75) is 27.7 Å². The van der Waals surface area contributed by atoms with E-state index < -0.39 is 0 Å². The predicted molar refractivity (Wildman–Crippen MR) is 91.6 cm³/mol. The number of benzene rings is 1. The third kappa shape index (κ3) is 4.21. The summed E-state index contributed by atoms with van der Waals surface area (Å²) in [5.74, 6) is 1.55. The van der Waals surface area contributed by atoms with Crippen molar-refractivity contribution in [1.82, 2.24) is 4.98 Å². The van der Waals surface area contributed by atoms with E-state index >= 15 is 0 Å². The largest absolute Gasteiger partial charge is 0.494 e. The lowest BCUT2D eigenvalue weighted by Gasteiger charge is -2.09. The average molecular weight is 319 g/mol. The van der Waals surface area contributed by atoms with Crippen molar-refractivity contribution in [2.75, 3.05) is 18.6 Å². The van der Waals surface area contributed by atoms with Gasteiger partial charge in [-0.15, -0.1) is 11.3 Å². The van der Waals surface area contributed by atoms with E-state index in [1.54, 1.807) is 17.6 Å². The van der Waals surface area contributed by atoms with Gasteiger partial charge in [0.15, 0.2) is 0 Å². The molecule has 0 saturated heterocycles. The first-order valence-electron chi connectivity index (χ1n) is 7.26. The summed E-state index contributed by atoms with van der Waals surface area (Å²) < 4.78 is 11.1. The van der Waals surface area contributed by atoms with Crippen LogP contribution in [0.2, 0.25) is 0 Å². The van der Waals surface area contributed by atoms with Crippen molar-refractivity contribution in [1.29, 1.82) is 0 Å². The van der Waals surface area contributed by atoms with Gasteiger partial charge in [-0.1, -0.05) is 0 Å². The van der Waals surface area contributed by atoms with E-state index in [2.05, 4.69) is 15.5 Å². The smallest absolute Gasteiger partial charge is 0.203 e. The molecule has 1 heterocycles. The molecule has 0 amide bonds. The van der Waals surface area contributed by atoms with E-state index in [1.807, 2.05) is 45.9 Å². The molecular weight excluding hydrogens is 298 g/mol. The molecule has 1 aromatic heterocycles. The molecule has 0 saturated carbocycles. The summed E-state index contributed by atoms with van der Waals surface area (Å²) in [6.45, 7) is 9.16. The number of hydrazone groups is 1. The third-order valence-corrected chi connectivity index (χ3v) is 3.97. The van der Waals surface area contributed by atoms with Crippen LogP contribution in [0.5, 0.6) is 11.5 Å². The van der Waals surface area contributed by atoms with Crippen molar-refractivity contribution in [2.24, 2.45) is 5.10 Å². The highest BCUT2D eigenvalue weighted by Crippen LogP contribution is 2.24. The number of anilines is 1. The van der Waals surface area contributed by atoms with Gasteiger partial charge in [-0.05, 0) is 39.8 Å². The molecule has 118 valence electrons. The van der Waals surface area contributed by atoms with Crippen LogP contribution in [-0.2, 0) is 0 Å². The number of aromatic nitrogens is 1.